The lowest BCUT2D eigenvalue weighted by molar-refractivity contribution is 0.188. The second-order valence-corrected chi connectivity index (χ2v) is 8.35. The molecule has 1 aromatic rings. The molecule has 0 radical (unpaired) electrons. The van der Waals surface area contributed by atoms with Crippen molar-refractivity contribution in [3.63, 3.8) is 0 Å². The highest BCUT2D eigenvalue weighted by Crippen LogP contribution is 2.27. The Morgan fingerprint density at radius 3 is 2.48 bits per heavy atom. The normalized spacial score (nSPS) is 21.1. The lowest BCUT2D eigenvalue weighted by Gasteiger charge is -2.10. The van der Waals surface area contributed by atoms with Crippen LogP contribution in [0.1, 0.15) is 19.3 Å². The van der Waals surface area contributed by atoms with Gasteiger partial charge < -0.3 is 15.4 Å². The molecule has 0 bridgehead atoms. The Bertz CT molecular complexity index is 647. The summed E-state index contributed by atoms with van der Waals surface area (Å²) in [5, 5.41) is 5.52. The summed E-state index contributed by atoms with van der Waals surface area (Å²) < 4.78 is 29.9. The fraction of sp³-hybridized carbons (Fsp3) is 0.562. The number of rotatable bonds is 6. The minimum absolute atomic E-state index is 0.0750. The average molecular weight is 338 g/mol. The van der Waals surface area contributed by atoms with Gasteiger partial charge in [0.2, 0.25) is 0 Å². The van der Waals surface area contributed by atoms with Crippen LogP contribution in [0, 0.1) is 11.8 Å². The minimum Gasteiger partial charge on any atom is -0.381 e. The van der Waals surface area contributed by atoms with Crippen molar-refractivity contribution >= 4 is 21.6 Å². The van der Waals surface area contributed by atoms with Crippen molar-refractivity contribution < 1.29 is 17.9 Å². The van der Waals surface area contributed by atoms with Gasteiger partial charge in [-0.1, -0.05) is 0 Å². The fourth-order valence-electron chi connectivity index (χ4n) is 2.60. The molecule has 1 saturated heterocycles. The van der Waals surface area contributed by atoms with E-state index in [2.05, 4.69) is 10.6 Å². The van der Waals surface area contributed by atoms with Crippen LogP contribution < -0.4 is 10.6 Å². The van der Waals surface area contributed by atoms with E-state index in [1.54, 1.807) is 24.3 Å². The number of anilines is 1. The third-order valence-electron chi connectivity index (χ3n) is 4.20. The SMILES string of the molecule is O=C(NCC1CC1)Nc1ccc(S(=O)(=O)C[C@H]2CCOC2)cc1. The molecular weight excluding hydrogens is 316 g/mol. The largest absolute Gasteiger partial charge is 0.381 e. The molecule has 2 N–H and O–H groups in total. The molecular formula is C16H22N2O4S. The topological polar surface area (TPSA) is 84.5 Å². The van der Waals surface area contributed by atoms with E-state index in [1.165, 1.54) is 12.8 Å². The van der Waals surface area contributed by atoms with Crippen LogP contribution in [-0.4, -0.2) is 40.0 Å². The van der Waals surface area contributed by atoms with Crippen molar-refractivity contribution in [2.24, 2.45) is 11.8 Å². The maximum Gasteiger partial charge on any atom is 0.319 e. The summed E-state index contributed by atoms with van der Waals surface area (Å²) in [4.78, 5) is 12.0. The number of hydrogen-bond acceptors (Lipinski definition) is 4. The summed E-state index contributed by atoms with van der Waals surface area (Å²) >= 11 is 0. The van der Waals surface area contributed by atoms with E-state index in [0.717, 1.165) is 6.42 Å². The molecule has 0 aromatic heterocycles. The van der Waals surface area contributed by atoms with Gasteiger partial charge in [0.25, 0.3) is 0 Å². The van der Waals surface area contributed by atoms with E-state index >= 15 is 0 Å². The number of nitrogens with one attached hydrogen (secondary N) is 2. The van der Waals surface area contributed by atoms with Gasteiger partial charge in [0.05, 0.1) is 17.3 Å². The molecule has 126 valence electrons. The average Bonchev–Trinajstić information content (AvgIpc) is 3.22. The zero-order valence-corrected chi connectivity index (χ0v) is 13.8. The van der Waals surface area contributed by atoms with Crippen LogP contribution in [0.5, 0.6) is 0 Å². The van der Waals surface area contributed by atoms with E-state index in [4.69, 9.17) is 4.74 Å². The first-order valence-electron chi connectivity index (χ1n) is 7.98. The van der Waals surface area contributed by atoms with Crippen LogP contribution in [0.25, 0.3) is 0 Å². The summed E-state index contributed by atoms with van der Waals surface area (Å²) in [7, 11) is -3.31. The van der Waals surface area contributed by atoms with E-state index in [9.17, 15) is 13.2 Å². The van der Waals surface area contributed by atoms with Crippen molar-refractivity contribution in [2.45, 2.75) is 24.2 Å². The first-order chi connectivity index (χ1) is 11.0. The van der Waals surface area contributed by atoms with Gasteiger partial charge in [0, 0.05) is 18.8 Å². The van der Waals surface area contributed by atoms with Crippen molar-refractivity contribution in [2.75, 3.05) is 30.8 Å². The molecule has 2 amide bonds. The predicted octanol–water partition coefficient (Wildman–Crippen LogP) is 2.03. The Balaban J connectivity index is 1.55. The Kier molecular flexibility index (Phi) is 4.87. The van der Waals surface area contributed by atoms with Gasteiger partial charge in [-0.25, -0.2) is 13.2 Å². The van der Waals surface area contributed by atoms with Gasteiger partial charge in [-0.3, -0.25) is 0 Å². The second-order valence-electron chi connectivity index (χ2n) is 6.31. The lowest BCUT2D eigenvalue weighted by Crippen LogP contribution is -2.30. The number of sulfone groups is 1. The first kappa shape index (κ1) is 16.3. The van der Waals surface area contributed by atoms with Crippen molar-refractivity contribution in [1.29, 1.82) is 0 Å². The molecule has 6 nitrogen and oxygen atoms in total. The molecule has 2 aliphatic rings. The fourth-order valence-corrected chi connectivity index (χ4v) is 4.23. The zero-order chi connectivity index (χ0) is 16.3. The minimum atomic E-state index is -3.31. The Hall–Kier alpha value is -1.60. The van der Waals surface area contributed by atoms with Gasteiger partial charge in [-0.15, -0.1) is 0 Å². The summed E-state index contributed by atoms with van der Waals surface area (Å²) in [6.45, 7) is 1.85. The number of benzene rings is 1. The summed E-state index contributed by atoms with van der Waals surface area (Å²) in [6, 6.07) is 6.07. The molecule has 1 saturated carbocycles. The van der Waals surface area contributed by atoms with E-state index in [1.807, 2.05) is 0 Å². The van der Waals surface area contributed by atoms with E-state index < -0.39 is 9.84 Å². The summed E-state index contributed by atoms with van der Waals surface area (Å²) in [5.74, 6) is 0.806. The molecule has 1 aromatic carbocycles. The van der Waals surface area contributed by atoms with E-state index in [-0.39, 0.29) is 22.6 Å². The molecule has 1 atom stereocenters. The van der Waals surface area contributed by atoms with E-state index in [0.29, 0.717) is 31.4 Å². The monoisotopic (exact) mass is 338 g/mol. The van der Waals surface area contributed by atoms with Crippen molar-refractivity contribution in [1.82, 2.24) is 5.32 Å². The molecule has 23 heavy (non-hydrogen) atoms. The molecule has 1 heterocycles. The third-order valence-corrected chi connectivity index (χ3v) is 6.10. The number of urea groups is 1. The summed E-state index contributed by atoms with van der Waals surface area (Å²) in [5.41, 5.74) is 0.585. The van der Waals surface area contributed by atoms with Crippen LogP contribution in [0.2, 0.25) is 0 Å². The number of carbonyl (C=O) groups is 1. The molecule has 0 unspecified atom stereocenters. The number of hydrogen-bond donors (Lipinski definition) is 2. The van der Waals surface area contributed by atoms with Crippen molar-refractivity contribution in [3.8, 4) is 0 Å². The molecule has 1 aliphatic carbocycles. The molecule has 2 fully saturated rings. The highest BCUT2D eigenvalue weighted by molar-refractivity contribution is 7.91. The Labute approximate surface area is 136 Å². The maximum atomic E-state index is 12.4. The summed E-state index contributed by atoms with van der Waals surface area (Å²) in [6.07, 6.45) is 3.15. The van der Waals surface area contributed by atoms with Gasteiger partial charge in [-0.05, 0) is 55.4 Å². The molecule has 7 heteroatoms. The second kappa shape index (κ2) is 6.88. The molecule has 1 aliphatic heterocycles. The van der Waals surface area contributed by atoms with Gasteiger partial charge in [-0.2, -0.15) is 0 Å². The van der Waals surface area contributed by atoms with Crippen LogP contribution in [0.15, 0.2) is 29.2 Å². The highest BCUT2D eigenvalue weighted by Gasteiger charge is 2.25. The van der Waals surface area contributed by atoms with Crippen LogP contribution in [-0.2, 0) is 14.6 Å². The van der Waals surface area contributed by atoms with Gasteiger partial charge in [0.1, 0.15) is 0 Å². The van der Waals surface area contributed by atoms with Crippen LogP contribution in [0.3, 0.4) is 0 Å². The quantitative estimate of drug-likeness (QED) is 0.831. The molecule has 3 rings (SSSR count). The number of carbonyl (C=O) groups excluding carboxylic acids is 1. The van der Waals surface area contributed by atoms with Crippen molar-refractivity contribution in [3.05, 3.63) is 24.3 Å². The highest BCUT2D eigenvalue weighted by atomic mass is 32.2. The number of amides is 2. The number of ether oxygens (including phenoxy) is 1. The van der Waals surface area contributed by atoms with Crippen LogP contribution in [0.4, 0.5) is 10.5 Å². The zero-order valence-electron chi connectivity index (χ0n) is 13.0. The first-order valence-corrected chi connectivity index (χ1v) is 9.63. The molecule has 0 spiro atoms. The third kappa shape index (κ3) is 4.68. The van der Waals surface area contributed by atoms with Gasteiger partial charge >= 0.3 is 6.03 Å². The smallest absolute Gasteiger partial charge is 0.319 e. The van der Waals surface area contributed by atoms with Crippen LogP contribution >= 0.6 is 0 Å². The lowest BCUT2D eigenvalue weighted by atomic mass is 10.2. The maximum absolute atomic E-state index is 12.4. The Morgan fingerprint density at radius 2 is 1.87 bits per heavy atom. The van der Waals surface area contributed by atoms with Gasteiger partial charge in [0.15, 0.2) is 9.84 Å². The standard InChI is InChI=1S/C16H22N2O4S/c19-16(17-9-12-1-2-12)18-14-3-5-15(6-4-14)23(20,21)11-13-7-8-22-10-13/h3-6,12-13H,1-2,7-11H2,(H2,17,18,19)/t13-/m0/s1. The Morgan fingerprint density at radius 1 is 1.13 bits per heavy atom. The predicted molar refractivity (Wildman–Crippen MR) is 87.2 cm³/mol.